The lowest BCUT2D eigenvalue weighted by atomic mass is 10.0. The third kappa shape index (κ3) is 6.79. The van der Waals surface area contributed by atoms with Crippen molar-refractivity contribution < 1.29 is 3.63 Å². The summed E-state index contributed by atoms with van der Waals surface area (Å²) in [5.41, 5.74) is 5.55. The molecule has 4 aromatic rings. The predicted octanol–water partition coefficient (Wildman–Crippen LogP) is 9.15. The van der Waals surface area contributed by atoms with E-state index in [2.05, 4.69) is 68.3 Å². The van der Waals surface area contributed by atoms with Crippen molar-refractivity contribution in [1.29, 1.82) is 10.5 Å². The fraction of sp³-hybridized carbons (Fsp3) is 0.0714. The zero-order chi connectivity index (χ0) is 24.6. The molecule has 172 valence electrons. The topological polar surface area (TPSA) is 56.8 Å². The van der Waals surface area contributed by atoms with Crippen molar-refractivity contribution in [2.45, 2.75) is 10.5 Å². The molecule has 0 aliphatic rings. The van der Waals surface area contributed by atoms with E-state index >= 15 is 0 Å². The molecular formula is C28H18Br2N2OS2. The van der Waals surface area contributed by atoms with Crippen LogP contribution < -0.4 is 0 Å². The van der Waals surface area contributed by atoms with E-state index in [4.69, 9.17) is 3.63 Å². The molecule has 0 saturated carbocycles. The van der Waals surface area contributed by atoms with Crippen molar-refractivity contribution >= 4 is 55.9 Å². The van der Waals surface area contributed by atoms with Gasteiger partial charge in [0.2, 0.25) is 0 Å². The Balaban J connectivity index is 1.58. The lowest BCUT2D eigenvalue weighted by molar-refractivity contribution is 0.739. The average Bonchev–Trinajstić information content (AvgIpc) is 2.90. The Hall–Kier alpha value is -2.52. The van der Waals surface area contributed by atoms with Crippen LogP contribution in [0.1, 0.15) is 43.9 Å². The Morgan fingerprint density at radius 1 is 0.514 bits per heavy atom. The molecule has 4 aromatic carbocycles. The summed E-state index contributed by atoms with van der Waals surface area (Å²) in [6.07, 6.45) is 0. The highest BCUT2D eigenvalue weighted by Crippen LogP contribution is 2.44. The van der Waals surface area contributed by atoms with Gasteiger partial charge in [0.1, 0.15) is 0 Å². The summed E-state index contributed by atoms with van der Waals surface area (Å²) in [7, 11) is 0. The van der Waals surface area contributed by atoms with Crippen LogP contribution in [0.5, 0.6) is 0 Å². The molecule has 0 radical (unpaired) electrons. The van der Waals surface area contributed by atoms with Crippen molar-refractivity contribution in [2.75, 3.05) is 0 Å². The standard InChI is InChI=1S/C28H18Br2N2OS2/c29-25-13-9-23(10-14-25)27(21-5-1-19(17-31)2-6-21)34-33-35-28(24-11-15-26(30)16-12-24)22-7-3-20(18-32)4-8-22/h1-16,27-28H. The minimum absolute atomic E-state index is 0.0742. The number of rotatable bonds is 8. The second-order valence-electron chi connectivity index (χ2n) is 7.59. The summed E-state index contributed by atoms with van der Waals surface area (Å²) >= 11 is 9.77. The molecule has 0 aliphatic heterocycles. The fourth-order valence-electron chi connectivity index (χ4n) is 3.45. The summed E-state index contributed by atoms with van der Waals surface area (Å²) in [5, 5.41) is 18.2. The Kier molecular flexibility index (Phi) is 9.09. The first-order valence-electron chi connectivity index (χ1n) is 10.6. The molecule has 0 heterocycles. The quantitative estimate of drug-likeness (QED) is 0.184. The van der Waals surface area contributed by atoms with Gasteiger partial charge in [0.05, 0.1) is 33.8 Å². The largest absolute Gasteiger partial charge is 0.245 e. The van der Waals surface area contributed by atoms with E-state index in [1.54, 1.807) is 0 Å². The normalized spacial score (nSPS) is 12.3. The lowest BCUT2D eigenvalue weighted by Gasteiger charge is -2.20. The lowest BCUT2D eigenvalue weighted by Crippen LogP contribution is -2.00. The van der Waals surface area contributed by atoms with E-state index in [0.29, 0.717) is 11.1 Å². The van der Waals surface area contributed by atoms with Crippen molar-refractivity contribution in [3.8, 4) is 12.1 Å². The number of hydrogen-bond acceptors (Lipinski definition) is 5. The summed E-state index contributed by atoms with van der Waals surface area (Å²) in [5.74, 6) is 0. The first kappa shape index (κ1) is 25.6. The van der Waals surface area contributed by atoms with Gasteiger partial charge in [-0.15, -0.1) is 0 Å². The Morgan fingerprint density at radius 3 is 1.09 bits per heavy atom. The summed E-state index contributed by atoms with van der Waals surface area (Å²) in [6.45, 7) is 0. The molecule has 0 N–H and O–H groups in total. The van der Waals surface area contributed by atoms with Gasteiger partial charge in [-0.1, -0.05) is 80.4 Å². The maximum atomic E-state index is 9.17. The third-order valence-corrected chi connectivity index (χ3v) is 8.46. The molecule has 0 bridgehead atoms. The number of nitriles is 2. The summed E-state index contributed by atoms with van der Waals surface area (Å²) in [6, 6.07) is 35.9. The Bertz CT molecular complexity index is 1240. The van der Waals surface area contributed by atoms with Crippen LogP contribution in [0.2, 0.25) is 0 Å². The Labute approximate surface area is 230 Å². The van der Waals surface area contributed by atoms with E-state index in [1.807, 2.05) is 72.8 Å². The van der Waals surface area contributed by atoms with Crippen LogP contribution in [0.25, 0.3) is 0 Å². The van der Waals surface area contributed by atoms with Gasteiger partial charge in [0, 0.05) is 33.0 Å². The molecule has 35 heavy (non-hydrogen) atoms. The van der Waals surface area contributed by atoms with Gasteiger partial charge in [-0.25, -0.2) is 3.63 Å². The fourth-order valence-corrected chi connectivity index (χ4v) is 5.86. The van der Waals surface area contributed by atoms with Gasteiger partial charge in [0.25, 0.3) is 0 Å². The first-order valence-corrected chi connectivity index (χ1v) is 13.8. The van der Waals surface area contributed by atoms with Crippen molar-refractivity contribution in [3.63, 3.8) is 0 Å². The van der Waals surface area contributed by atoms with Gasteiger partial charge >= 0.3 is 0 Å². The van der Waals surface area contributed by atoms with Gasteiger partial charge in [-0.2, -0.15) is 10.5 Å². The van der Waals surface area contributed by atoms with Gasteiger partial charge < -0.3 is 0 Å². The van der Waals surface area contributed by atoms with Crippen LogP contribution in [-0.4, -0.2) is 0 Å². The van der Waals surface area contributed by atoms with E-state index in [0.717, 1.165) is 31.2 Å². The smallest absolute Gasteiger partial charge is 0.0991 e. The van der Waals surface area contributed by atoms with Crippen molar-refractivity contribution in [2.24, 2.45) is 0 Å². The second-order valence-corrected chi connectivity index (χ2v) is 11.3. The molecule has 0 aromatic heterocycles. The van der Waals surface area contributed by atoms with Crippen LogP contribution >= 0.6 is 55.9 Å². The summed E-state index contributed by atoms with van der Waals surface area (Å²) in [4.78, 5) is 0. The van der Waals surface area contributed by atoms with Crippen LogP contribution in [0, 0.1) is 22.7 Å². The molecule has 2 unspecified atom stereocenters. The van der Waals surface area contributed by atoms with Crippen LogP contribution in [0.15, 0.2) is 106 Å². The molecule has 7 heteroatoms. The molecule has 0 amide bonds. The first-order chi connectivity index (χ1) is 17.1. The minimum atomic E-state index is -0.0742. The molecule has 3 nitrogen and oxygen atoms in total. The zero-order valence-corrected chi connectivity index (χ0v) is 23.1. The van der Waals surface area contributed by atoms with Gasteiger partial charge in [-0.3, -0.25) is 0 Å². The van der Waals surface area contributed by atoms with E-state index in [1.165, 1.54) is 24.1 Å². The monoisotopic (exact) mass is 620 g/mol. The highest BCUT2D eigenvalue weighted by atomic mass is 79.9. The molecular weight excluding hydrogens is 604 g/mol. The molecule has 0 aliphatic carbocycles. The number of benzene rings is 4. The molecule has 4 rings (SSSR count). The van der Waals surface area contributed by atoms with Crippen LogP contribution in [-0.2, 0) is 3.63 Å². The maximum Gasteiger partial charge on any atom is 0.0991 e. The highest BCUT2D eigenvalue weighted by molar-refractivity contribution is 9.10. The molecule has 0 saturated heterocycles. The highest BCUT2D eigenvalue weighted by Gasteiger charge is 2.21. The van der Waals surface area contributed by atoms with Crippen molar-refractivity contribution in [1.82, 2.24) is 0 Å². The molecule has 2 atom stereocenters. The molecule has 0 spiro atoms. The maximum absolute atomic E-state index is 9.17. The van der Waals surface area contributed by atoms with Gasteiger partial charge in [-0.05, 0) is 70.8 Å². The van der Waals surface area contributed by atoms with Crippen LogP contribution in [0.4, 0.5) is 0 Å². The van der Waals surface area contributed by atoms with E-state index in [9.17, 15) is 10.5 Å². The zero-order valence-electron chi connectivity index (χ0n) is 18.3. The third-order valence-electron chi connectivity index (χ3n) is 5.30. The Morgan fingerprint density at radius 2 is 0.800 bits per heavy atom. The number of halogens is 2. The van der Waals surface area contributed by atoms with Gasteiger partial charge in [0.15, 0.2) is 0 Å². The number of nitrogens with zero attached hydrogens (tertiary/aromatic N) is 2. The van der Waals surface area contributed by atoms with E-state index in [-0.39, 0.29) is 10.5 Å². The SMILES string of the molecule is N#Cc1ccc(C(SOSC(c2ccc(Br)cc2)c2ccc(C#N)cc2)c2ccc(Br)cc2)cc1. The number of hydrogen-bond donors (Lipinski definition) is 0. The van der Waals surface area contributed by atoms with Crippen LogP contribution in [0.3, 0.4) is 0 Å². The van der Waals surface area contributed by atoms with E-state index < -0.39 is 0 Å². The minimum Gasteiger partial charge on any atom is -0.245 e. The second kappa shape index (κ2) is 12.4. The molecule has 0 fully saturated rings. The summed E-state index contributed by atoms with van der Waals surface area (Å²) < 4.78 is 8.25. The average molecular weight is 622 g/mol. The predicted molar refractivity (Wildman–Crippen MR) is 151 cm³/mol. The van der Waals surface area contributed by atoms with Crippen molar-refractivity contribution in [3.05, 3.63) is 139 Å².